The average Bonchev–Trinajstić information content (AvgIpc) is 2.66. The molecule has 1 N–H and O–H groups in total. The molecule has 0 bridgehead atoms. The Morgan fingerprint density at radius 3 is 2.04 bits per heavy atom. The summed E-state index contributed by atoms with van der Waals surface area (Å²) in [6.07, 6.45) is 0.332. The van der Waals surface area contributed by atoms with E-state index in [2.05, 4.69) is 52.9 Å². The summed E-state index contributed by atoms with van der Waals surface area (Å²) >= 11 is 0. The fourth-order valence-corrected chi connectivity index (χ4v) is 9.77. The number of hydrogen-bond acceptors (Lipinski definition) is 4. The lowest BCUT2D eigenvalue weighted by Gasteiger charge is -2.42. The van der Waals surface area contributed by atoms with Gasteiger partial charge >= 0.3 is 6.09 Å². The van der Waals surface area contributed by atoms with Crippen LogP contribution in [0.4, 0.5) is 4.79 Å². The van der Waals surface area contributed by atoms with Crippen molar-refractivity contribution in [3.8, 4) is 6.07 Å². The minimum atomic E-state index is -1.92. The molecule has 1 rings (SSSR count). The zero-order valence-electron chi connectivity index (χ0n) is 18.4. The standard InChI is InChI=1S/C22H36N2O3Si/c1-16(2)28(17(3)4,18(5)6)27-13-12-21(15-26-22(25)24-7)20-10-8-19(14-23)9-11-20/h8-11,16-18,21H,12-13,15H2,1-7H3,(H,24,25). The third-order valence-electron chi connectivity index (χ3n) is 5.66. The molecule has 0 fully saturated rings. The second kappa shape index (κ2) is 11.2. The van der Waals surface area contributed by atoms with Gasteiger partial charge in [0.25, 0.3) is 0 Å². The molecular formula is C22H36N2O3Si. The summed E-state index contributed by atoms with van der Waals surface area (Å²) in [6.45, 7) is 14.6. The van der Waals surface area contributed by atoms with Crippen LogP contribution in [0.2, 0.25) is 16.6 Å². The van der Waals surface area contributed by atoms with Crippen molar-refractivity contribution in [2.24, 2.45) is 0 Å². The van der Waals surface area contributed by atoms with E-state index in [4.69, 9.17) is 14.4 Å². The predicted octanol–water partition coefficient (Wildman–Crippen LogP) is 5.58. The smallest absolute Gasteiger partial charge is 0.406 e. The van der Waals surface area contributed by atoms with E-state index in [1.807, 2.05) is 12.1 Å². The zero-order valence-corrected chi connectivity index (χ0v) is 19.4. The van der Waals surface area contributed by atoms with Gasteiger partial charge in [-0.15, -0.1) is 0 Å². The summed E-state index contributed by atoms with van der Waals surface area (Å²) in [7, 11) is -0.373. The number of amides is 1. The fourth-order valence-electron chi connectivity index (χ4n) is 4.30. The predicted molar refractivity (Wildman–Crippen MR) is 116 cm³/mol. The molecule has 156 valence electrons. The minimum absolute atomic E-state index is 0.0308. The molecule has 28 heavy (non-hydrogen) atoms. The summed E-state index contributed by atoms with van der Waals surface area (Å²) in [5.41, 5.74) is 3.27. The Kier molecular flexibility index (Phi) is 9.70. The van der Waals surface area contributed by atoms with Gasteiger partial charge in [0.1, 0.15) is 6.61 Å². The molecule has 0 aliphatic heterocycles. The van der Waals surface area contributed by atoms with E-state index in [1.165, 1.54) is 0 Å². The first-order chi connectivity index (χ1) is 13.2. The highest BCUT2D eigenvalue weighted by Gasteiger charge is 2.44. The van der Waals surface area contributed by atoms with Crippen LogP contribution in [-0.2, 0) is 9.16 Å². The van der Waals surface area contributed by atoms with E-state index < -0.39 is 14.4 Å². The van der Waals surface area contributed by atoms with Gasteiger partial charge in [0, 0.05) is 19.6 Å². The highest BCUT2D eigenvalue weighted by atomic mass is 28.4. The molecule has 0 saturated heterocycles. The van der Waals surface area contributed by atoms with Crippen LogP contribution < -0.4 is 5.32 Å². The number of benzene rings is 1. The summed E-state index contributed by atoms with van der Waals surface area (Å²) in [6, 6.07) is 9.62. The molecule has 1 atom stereocenters. The van der Waals surface area contributed by atoms with E-state index >= 15 is 0 Å². The summed E-state index contributed by atoms with van der Waals surface area (Å²) < 4.78 is 12.0. The third-order valence-corrected chi connectivity index (χ3v) is 11.8. The Balaban J connectivity index is 2.93. The Morgan fingerprint density at radius 2 is 1.61 bits per heavy atom. The van der Waals surface area contributed by atoms with E-state index in [0.29, 0.717) is 28.8 Å². The van der Waals surface area contributed by atoms with E-state index in [1.54, 1.807) is 19.2 Å². The molecule has 5 nitrogen and oxygen atoms in total. The van der Waals surface area contributed by atoms with Gasteiger partial charge < -0.3 is 14.5 Å². The molecule has 0 heterocycles. The van der Waals surface area contributed by atoms with E-state index in [-0.39, 0.29) is 12.5 Å². The highest BCUT2D eigenvalue weighted by molar-refractivity contribution is 6.77. The third kappa shape index (κ3) is 6.08. The molecule has 1 unspecified atom stereocenters. The molecule has 1 aromatic carbocycles. The van der Waals surface area contributed by atoms with Crippen molar-refractivity contribution >= 4 is 14.4 Å². The van der Waals surface area contributed by atoms with Crippen molar-refractivity contribution in [1.29, 1.82) is 5.26 Å². The topological polar surface area (TPSA) is 71.3 Å². The van der Waals surface area contributed by atoms with E-state index in [0.717, 1.165) is 12.0 Å². The van der Waals surface area contributed by atoms with Gasteiger partial charge in [-0.25, -0.2) is 4.79 Å². The number of carbonyl (C=O) groups is 1. The minimum Gasteiger partial charge on any atom is -0.449 e. The molecule has 1 aromatic rings. The summed E-state index contributed by atoms with van der Waals surface area (Å²) in [5, 5.41) is 11.5. The normalized spacial score (nSPS) is 12.9. The zero-order chi connectivity index (χ0) is 21.3. The monoisotopic (exact) mass is 404 g/mol. The fraction of sp³-hybridized carbons (Fsp3) is 0.636. The maximum Gasteiger partial charge on any atom is 0.406 e. The van der Waals surface area contributed by atoms with Gasteiger partial charge in [-0.1, -0.05) is 53.7 Å². The maximum atomic E-state index is 11.5. The molecule has 0 spiro atoms. The van der Waals surface area contributed by atoms with Gasteiger partial charge in [-0.3, -0.25) is 0 Å². The molecular weight excluding hydrogens is 368 g/mol. The first-order valence-electron chi connectivity index (χ1n) is 10.2. The number of hydrogen-bond donors (Lipinski definition) is 1. The van der Waals surface area contributed by atoms with Crippen LogP contribution in [0.5, 0.6) is 0 Å². The van der Waals surface area contributed by atoms with Crippen molar-refractivity contribution in [1.82, 2.24) is 5.32 Å². The van der Waals surface area contributed by atoms with Crippen LogP contribution in [0.25, 0.3) is 0 Å². The number of nitriles is 1. The van der Waals surface area contributed by atoms with Gasteiger partial charge in [0.15, 0.2) is 8.32 Å². The van der Waals surface area contributed by atoms with Gasteiger partial charge in [0.2, 0.25) is 0 Å². The van der Waals surface area contributed by atoms with Gasteiger partial charge in [-0.05, 0) is 40.7 Å². The number of carbonyl (C=O) groups excluding carboxylic acids is 1. The Labute approximate surface area is 171 Å². The van der Waals surface area contributed by atoms with Crippen LogP contribution >= 0.6 is 0 Å². The second-order valence-electron chi connectivity index (χ2n) is 8.23. The number of rotatable bonds is 10. The van der Waals surface area contributed by atoms with Crippen molar-refractivity contribution in [2.45, 2.75) is 70.5 Å². The largest absolute Gasteiger partial charge is 0.449 e. The maximum absolute atomic E-state index is 11.5. The van der Waals surface area contributed by atoms with Crippen LogP contribution in [-0.4, -0.2) is 34.7 Å². The average molecular weight is 405 g/mol. The van der Waals surface area contributed by atoms with Crippen molar-refractivity contribution in [2.75, 3.05) is 20.3 Å². The lowest BCUT2D eigenvalue weighted by Crippen LogP contribution is -2.48. The van der Waals surface area contributed by atoms with Gasteiger partial charge in [0.05, 0.1) is 11.6 Å². The number of alkyl carbamates (subject to hydrolysis) is 1. The first kappa shape index (κ1) is 24.2. The quantitative estimate of drug-likeness (QED) is 0.517. The van der Waals surface area contributed by atoms with E-state index in [9.17, 15) is 4.79 Å². The van der Waals surface area contributed by atoms with Crippen molar-refractivity contribution in [3.05, 3.63) is 35.4 Å². The number of nitrogens with one attached hydrogen (secondary N) is 1. The van der Waals surface area contributed by atoms with Crippen molar-refractivity contribution < 1.29 is 14.0 Å². The second-order valence-corrected chi connectivity index (χ2v) is 13.7. The Bertz CT molecular complexity index is 629. The molecule has 0 saturated carbocycles. The molecule has 0 aliphatic rings. The highest BCUT2D eigenvalue weighted by Crippen LogP contribution is 2.42. The summed E-state index contributed by atoms with van der Waals surface area (Å²) in [4.78, 5) is 11.5. The molecule has 0 aliphatic carbocycles. The number of nitrogens with zero attached hydrogens (tertiary/aromatic N) is 1. The molecule has 6 heteroatoms. The molecule has 0 aromatic heterocycles. The van der Waals surface area contributed by atoms with Crippen LogP contribution in [0.1, 0.15) is 65.0 Å². The first-order valence-corrected chi connectivity index (χ1v) is 12.3. The molecule has 0 radical (unpaired) electrons. The number of ether oxygens (including phenoxy) is 1. The SMILES string of the molecule is CNC(=O)OCC(CCO[Si](C(C)C)(C(C)C)C(C)C)c1ccc(C#N)cc1. The Hall–Kier alpha value is -1.84. The molecule has 1 amide bonds. The van der Waals surface area contributed by atoms with Crippen LogP contribution in [0.15, 0.2) is 24.3 Å². The van der Waals surface area contributed by atoms with Crippen molar-refractivity contribution in [3.63, 3.8) is 0 Å². The lowest BCUT2D eigenvalue weighted by atomic mass is 9.96. The lowest BCUT2D eigenvalue weighted by molar-refractivity contribution is 0.135. The van der Waals surface area contributed by atoms with Crippen LogP contribution in [0.3, 0.4) is 0 Å². The summed E-state index contributed by atoms with van der Waals surface area (Å²) in [5.74, 6) is 0.0308. The van der Waals surface area contributed by atoms with Gasteiger partial charge in [-0.2, -0.15) is 5.26 Å². The van der Waals surface area contributed by atoms with Crippen LogP contribution in [0, 0.1) is 11.3 Å². The Morgan fingerprint density at radius 1 is 1.07 bits per heavy atom.